The van der Waals surface area contributed by atoms with E-state index in [0.29, 0.717) is 5.56 Å². The SMILES string of the molecule is CC#Cc1cc(C#CC)cc(C(O)O)c1. The normalized spacial score (nSPS) is 8.87. The van der Waals surface area contributed by atoms with Crippen LogP contribution in [0, 0.1) is 23.7 Å². The van der Waals surface area contributed by atoms with Crippen LogP contribution < -0.4 is 0 Å². The van der Waals surface area contributed by atoms with Gasteiger partial charge in [-0.25, -0.2) is 0 Å². The van der Waals surface area contributed by atoms with Gasteiger partial charge >= 0.3 is 0 Å². The van der Waals surface area contributed by atoms with Gasteiger partial charge in [0.15, 0.2) is 6.29 Å². The van der Waals surface area contributed by atoms with Crippen molar-refractivity contribution in [2.75, 3.05) is 0 Å². The van der Waals surface area contributed by atoms with Crippen molar-refractivity contribution >= 4 is 0 Å². The monoisotopic (exact) mass is 200 g/mol. The fraction of sp³-hybridized carbons (Fsp3) is 0.231. The van der Waals surface area contributed by atoms with Gasteiger partial charge in [0.05, 0.1) is 0 Å². The average molecular weight is 200 g/mol. The Hall–Kier alpha value is -1.74. The highest BCUT2D eigenvalue weighted by molar-refractivity contribution is 5.46. The second kappa shape index (κ2) is 5.22. The van der Waals surface area contributed by atoms with Crippen LogP contribution in [0.25, 0.3) is 0 Å². The Morgan fingerprint density at radius 1 is 0.933 bits per heavy atom. The molecule has 2 N–H and O–H groups in total. The number of rotatable bonds is 1. The molecule has 0 unspecified atom stereocenters. The van der Waals surface area contributed by atoms with E-state index in [1.807, 2.05) is 6.07 Å². The summed E-state index contributed by atoms with van der Waals surface area (Å²) in [5.41, 5.74) is 1.88. The smallest absolute Gasteiger partial charge is 0.178 e. The summed E-state index contributed by atoms with van der Waals surface area (Å²) in [5.74, 6) is 11.2. The van der Waals surface area contributed by atoms with Crippen molar-refractivity contribution in [3.05, 3.63) is 34.9 Å². The maximum Gasteiger partial charge on any atom is 0.178 e. The fourth-order valence-electron chi connectivity index (χ4n) is 1.23. The van der Waals surface area contributed by atoms with Crippen LogP contribution in [0.4, 0.5) is 0 Å². The van der Waals surface area contributed by atoms with Gasteiger partial charge in [-0.15, -0.1) is 11.8 Å². The predicted molar refractivity (Wildman–Crippen MR) is 58.7 cm³/mol. The van der Waals surface area contributed by atoms with E-state index < -0.39 is 6.29 Å². The Morgan fingerprint density at radius 2 is 1.40 bits per heavy atom. The first-order chi connectivity index (χ1) is 7.17. The fourth-order valence-corrected chi connectivity index (χ4v) is 1.23. The number of benzene rings is 1. The molecule has 76 valence electrons. The van der Waals surface area contributed by atoms with Crippen LogP contribution in [-0.2, 0) is 0 Å². The average Bonchev–Trinajstić information content (AvgIpc) is 2.18. The van der Waals surface area contributed by atoms with Crippen molar-refractivity contribution in [1.29, 1.82) is 0 Å². The van der Waals surface area contributed by atoms with Crippen molar-refractivity contribution in [3.8, 4) is 23.7 Å². The van der Waals surface area contributed by atoms with Crippen molar-refractivity contribution in [2.45, 2.75) is 20.1 Å². The van der Waals surface area contributed by atoms with Crippen LogP contribution >= 0.6 is 0 Å². The molecule has 0 fully saturated rings. The van der Waals surface area contributed by atoms with Gasteiger partial charge in [-0.3, -0.25) is 0 Å². The number of aliphatic hydroxyl groups is 2. The molecule has 0 heterocycles. The summed E-state index contributed by atoms with van der Waals surface area (Å²) in [7, 11) is 0. The van der Waals surface area contributed by atoms with E-state index in [9.17, 15) is 0 Å². The molecule has 0 saturated heterocycles. The third-order valence-electron chi connectivity index (χ3n) is 1.79. The summed E-state index contributed by atoms with van der Waals surface area (Å²) in [5, 5.41) is 18.1. The molecule has 0 aliphatic heterocycles. The maximum atomic E-state index is 9.07. The highest BCUT2D eigenvalue weighted by Gasteiger charge is 2.04. The zero-order valence-corrected chi connectivity index (χ0v) is 8.70. The lowest BCUT2D eigenvalue weighted by Gasteiger charge is -2.05. The predicted octanol–water partition coefficient (Wildman–Crippen LogP) is 1.41. The molecule has 15 heavy (non-hydrogen) atoms. The van der Waals surface area contributed by atoms with E-state index in [-0.39, 0.29) is 0 Å². The van der Waals surface area contributed by atoms with Gasteiger partial charge in [-0.05, 0) is 32.0 Å². The van der Waals surface area contributed by atoms with E-state index in [1.54, 1.807) is 26.0 Å². The van der Waals surface area contributed by atoms with Gasteiger partial charge in [0.1, 0.15) is 0 Å². The number of hydrogen-bond donors (Lipinski definition) is 2. The molecule has 0 amide bonds. The Morgan fingerprint density at radius 3 is 1.73 bits per heavy atom. The minimum absolute atomic E-state index is 0.410. The molecule has 1 aromatic rings. The maximum absolute atomic E-state index is 9.07. The lowest BCUT2D eigenvalue weighted by molar-refractivity contribution is -0.0425. The zero-order chi connectivity index (χ0) is 11.3. The summed E-state index contributed by atoms with van der Waals surface area (Å²) in [4.78, 5) is 0. The minimum atomic E-state index is -1.49. The Bertz CT molecular complexity index is 427. The first-order valence-corrected chi connectivity index (χ1v) is 4.54. The van der Waals surface area contributed by atoms with E-state index in [4.69, 9.17) is 10.2 Å². The van der Waals surface area contributed by atoms with Crippen LogP contribution in [0.2, 0.25) is 0 Å². The Kier molecular flexibility index (Phi) is 3.94. The third-order valence-corrected chi connectivity index (χ3v) is 1.79. The quantitative estimate of drug-likeness (QED) is 0.531. The lowest BCUT2D eigenvalue weighted by Crippen LogP contribution is -1.96. The van der Waals surface area contributed by atoms with E-state index in [1.165, 1.54) is 0 Å². The number of hydrogen-bond acceptors (Lipinski definition) is 2. The Labute approximate surface area is 89.6 Å². The topological polar surface area (TPSA) is 40.5 Å². The van der Waals surface area contributed by atoms with E-state index in [0.717, 1.165) is 11.1 Å². The first-order valence-electron chi connectivity index (χ1n) is 4.54. The largest absolute Gasteiger partial charge is 0.364 e. The molecule has 0 radical (unpaired) electrons. The van der Waals surface area contributed by atoms with Gasteiger partial charge in [-0.1, -0.05) is 11.8 Å². The molecule has 2 heteroatoms. The molecular weight excluding hydrogens is 188 g/mol. The first kappa shape index (κ1) is 11.3. The highest BCUT2D eigenvalue weighted by atomic mass is 16.5. The van der Waals surface area contributed by atoms with Gasteiger partial charge in [0, 0.05) is 16.7 Å². The minimum Gasteiger partial charge on any atom is -0.364 e. The summed E-state index contributed by atoms with van der Waals surface area (Å²) in [6.45, 7) is 3.46. The van der Waals surface area contributed by atoms with Crippen LogP contribution in [-0.4, -0.2) is 10.2 Å². The third kappa shape index (κ3) is 3.14. The molecule has 0 aromatic heterocycles. The van der Waals surface area contributed by atoms with Crippen LogP contribution in [0.3, 0.4) is 0 Å². The second-order valence-electron chi connectivity index (χ2n) is 2.97. The molecular formula is C13H12O2. The second-order valence-corrected chi connectivity index (χ2v) is 2.97. The van der Waals surface area contributed by atoms with Crippen LogP contribution in [0.15, 0.2) is 18.2 Å². The molecule has 0 aliphatic rings. The lowest BCUT2D eigenvalue weighted by atomic mass is 10.1. The molecule has 0 atom stereocenters. The Balaban J connectivity index is 3.28. The molecule has 1 aromatic carbocycles. The molecule has 0 saturated carbocycles. The van der Waals surface area contributed by atoms with Crippen molar-refractivity contribution < 1.29 is 10.2 Å². The highest BCUT2D eigenvalue weighted by Crippen LogP contribution is 2.14. The van der Waals surface area contributed by atoms with E-state index >= 15 is 0 Å². The summed E-state index contributed by atoms with van der Waals surface area (Å²) >= 11 is 0. The van der Waals surface area contributed by atoms with Gasteiger partial charge in [0.25, 0.3) is 0 Å². The standard InChI is InChI=1S/C13H12O2/c1-3-5-10-7-11(6-4-2)9-12(8-10)13(14)15/h7-9,13-15H,1-2H3. The number of aliphatic hydroxyl groups excluding tert-OH is 1. The van der Waals surface area contributed by atoms with Crippen molar-refractivity contribution in [1.82, 2.24) is 0 Å². The molecule has 1 rings (SSSR count). The van der Waals surface area contributed by atoms with Crippen LogP contribution in [0.1, 0.15) is 36.8 Å². The molecule has 0 aliphatic carbocycles. The summed E-state index contributed by atoms with van der Waals surface area (Å²) in [6, 6.07) is 5.10. The molecule has 0 bridgehead atoms. The van der Waals surface area contributed by atoms with Gasteiger partial charge < -0.3 is 10.2 Å². The van der Waals surface area contributed by atoms with Crippen LogP contribution in [0.5, 0.6) is 0 Å². The summed E-state index contributed by atoms with van der Waals surface area (Å²) in [6.07, 6.45) is -1.49. The van der Waals surface area contributed by atoms with Gasteiger partial charge in [-0.2, -0.15) is 0 Å². The van der Waals surface area contributed by atoms with Crippen molar-refractivity contribution in [3.63, 3.8) is 0 Å². The molecule has 0 spiro atoms. The van der Waals surface area contributed by atoms with E-state index in [2.05, 4.69) is 23.7 Å². The zero-order valence-electron chi connectivity index (χ0n) is 8.70. The van der Waals surface area contributed by atoms with Crippen molar-refractivity contribution in [2.24, 2.45) is 0 Å². The molecule has 2 nitrogen and oxygen atoms in total. The summed E-state index contributed by atoms with van der Waals surface area (Å²) < 4.78 is 0. The van der Waals surface area contributed by atoms with Gasteiger partial charge in [0.2, 0.25) is 0 Å².